The van der Waals surface area contributed by atoms with Crippen molar-refractivity contribution in [3.63, 3.8) is 0 Å². The number of aromatic nitrogens is 1. The van der Waals surface area contributed by atoms with Crippen LogP contribution in [0.5, 0.6) is 0 Å². The van der Waals surface area contributed by atoms with Crippen LogP contribution in [0.3, 0.4) is 0 Å². The van der Waals surface area contributed by atoms with E-state index < -0.39 is 0 Å². The van der Waals surface area contributed by atoms with E-state index in [1.165, 1.54) is 0 Å². The number of rotatable bonds is 2. The quantitative estimate of drug-likeness (QED) is 0.653. The Morgan fingerprint density at radius 3 is 2.52 bits per heavy atom. The summed E-state index contributed by atoms with van der Waals surface area (Å²) < 4.78 is 0.925. The van der Waals surface area contributed by atoms with Crippen LogP contribution in [0.2, 0.25) is 5.02 Å². The Balaban J connectivity index is 2.27. The van der Waals surface area contributed by atoms with Crippen molar-refractivity contribution in [3.05, 3.63) is 69.7 Å². The summed E-state index contributed by atoms with van der Waals surface area (Å²) in [4.78, 5) is 4.34. The summed E-state index contributed by atoms with van der Waals surface area (Å²) in [5.41, 5.74) is 9.41. The van der Waals surface area contributed by atoms with Crippen LogP contribution < -0.4 is 5.73 Å². The summed E-state index contributed by atoms with van der Waals surface area (Å²) in [5, 5.41) is 10.0. The zero-order valence-electron chi connectivity index (χ0n) is 11.9. The highest BCUT2D eigenvalue weighted by Crippen LogP contribution is 2.34. The van der Waals surface area contributed by atoms with Crippen molar-refractivity contribution >= 4 is 33.3 Å². The average Bonchev–Trinajstić information content (AvgIpc) is 2.54. The molecule has 0 atom stereocenters. The number of nitrogens with two attached hydrogens (primary N) is 1. The molecule has 0 unspecified atom stereocenters. The first-order valence-corrected chi connectivity index (χ1v) is 7.98. The van der Waals surface area contributed by atoms with Gasteiger partial charge in [0, 0.05) is 20.6 Å². The first kappa shape index (κ1) is 15.5. The van der Waals surface area contributed by atoms with Gasteiger partial charge in [-0.2, -0.15) is 5.26 Å². The third-order valence-corrected chi connectivity index (χ3v) is 4.27. The van der Waals surface area contributed by atoms with Crippen LogP contribution in [-0.4, -0.2) is 4.98 Å². The van der Waals surface area contributed by atoms with E-state index in [0.29, 0.717) is 16.3 Å². The molecule has 0 amide bonds. The molecular weight excluding hydrogens is 374 g/mol. The number of nitriles is 1. The third kappa shape index (κ3) is 3.07. The molecule has 5 heteroatoms. The Morgan fingerprint density at radius 1 is 1.04 bits per heavy atom. The summed E-state index contributed by atoms with van der Waals surface area (Å²) in [5.74, 6) is 0.194. The van der Waals surface area contributed by atoms with Crippen molar-refractivity contribution in [3.8, 4) is 28.5 Å². The molecular formula is C18H11BrClN3. The summed E-state index contributed by atoms with van der Waals surface area (Å²) in [6, 6.07) is 19.1. The van der Waals surface area contributed by atoms with E-state index in [9.17, 15) is 5.26 Å². The molecule has 0 aliphatic carbocycles. The molecule has 0 saturated heterocycles. The molecule has 0 radical (unpaired) electrons. The van der Waals surface area contributed by atoms with Crippen LogP contribution in [0.1, 0.15) is 5.56 Å². The molecule has 2 N–H and O–H groups in total. The lowest BCUT2D eigenvalue weighted by Gasteiger charge is -2.11. The van der Waals surface area contributed by atoms with Crippen molar-refractivity contribution in [1.82, 2.24) is 4.98 Å². The van der Waals surface area contributed by atoms with Crippen LogP contribution in [0.4, 0.5) is 5.82 Å². The van der Waals surface area contributed by atoms with E-state index in [0.717, 1.165) is 21.2 Å². The lowest BCUT2D eigenvalue weighted by Crippen LogP contribution is -2.00. The van der Waals surface area contributed by atoms with Gasteiger partial charge < -0.3 is 5.73 Å². The van der Waals surface area contributed by atoms with E-state index in [1.807, 2.05) is 48.5 Å². The molecule has 0 fully saturated rings. The monoisotopic (exact) mass is 383 g/mol. The zero-order chi connectivity index (χ0) is 16.4. The van der Waals surface area contributed by atoms with Gasteiger partial charge in [0.15, 0.2) is 0 Å². The maximum Gasteiger partial charge on any atom is 0.142 e. The highest BCUT2D eigenvalue weighted by molar-refractivity contribution is 9.10. The van der Waals surface area contributed by atoms with E-state index in [1.54, 1.807) is 6.07 Å². The van der Waals surface area contributed by atoms with Gasteiger partial charge in [-0.3, -0.25) is 0 Å². The molecule has 0 bridgehead atoms. The molecule has 112 valence electrons. The largest absolute Gasteiger partial charge is 0.383 e. The van der Waals surface area contributed by atoms with Crippen LogP contribution in [0, 0.1) is 11.3 Å². The van der Waals surface area contributed by atoms with Gasteiger partial charge in [0.05, 0.1) is 5.69 Å². The summed E-state index contributed by atoms with van der Waals surface area (Å²) in [6.07, 6.45) is 0. The number of hydrogen-bond acceptors (Lipinski definition) is 3. The summed E-state index contributed by atoms with van der Waals surface area (Å²) in [6.45, 7) is 0. The third-order valence-electron chi connectivity index (χ3n) is 3.44. The minimum atomic E-state index is 0.194. The van der Waals surface area contributed by atoms with Crippen molar-refractivity contribution in [2.75, 3.05) is 5.73 Å². The molecule has 0 spiro atoms. The van der Waals surface area contributed by atoms with Gasteiger partial charge in [-0.1, -0.05) is 57.9 Å². The lowest BCUT2D eigenvalue weighted by molar-refractivity contribution is 1.31. The van der Waals surface area contributed by atoms with E-state index in [2.05, 4.69) is 27.0 Å². The molecule has 1 heterocycles. The standard InChI is InChI=1S/C18H11BrClN3/c19-12-5-3-4-11(8-12)14-9-17(23-18(22)15(14)10-21)13-6-1-2-7-16(13)20/h1-9H,(H2,22,23). The summed E-state index contributed by atoms with van der Waals surface area (Å²) in [7, 11) is 0. The number of nitrogens with zero attached hydrogens (tertiary/aromatic N) is 2. The predicted molar refractivity (Wildman–Crippen MR) is 96.9 cm³/mol. The zero-order valence-corrected chi connectivity index (χ0v) is 14.3. The highest BCUT2D eigenvalue weighted by Gasteiger charge is 2.14. The first-order valence-electron chi connectivity index (χ1n) is 6.81. The number of benzene rings is 2. The van der Waals surface area contributed by atoms with Crippen LogP contribution in [-0.2, 0) is 0 Å². The van der Waals surface area contributed by atoms with Crippen LogP contribution in [0.25, 0.3) is 22.4 Å². The number of anilines is 1. The van der Waals surface area contributed by atoms with Gasteiger partial charge in [-0.05, 0) is 29.8 Å². The number of nitrogen functional groups attached to an aromatic ring is 1. The predicted octanol–water partition coefficient (Wildman–Crippen LogP) is 5.29. The highest BCUT2D eigenvalue weighted by atomic mass is 79.9. The fourth-order valence-electron chi connectivity index (χ4n) is 2.37. The van der Waals surface area contributed by atoms with Crippen LogP contribution >= 0.6 is 27.5 Å². The van der Waals surface area contributed by atoms with E-state index >= 15 is 0 Å². The molecule has 0 aliphatic heterocycles. The molecule has 3 aromatic rings. The van der Waals surface area contributed by atoms with Gasteiger partial charge >= 0.3 is 0 Å². The molecule has 2 aromatic carbocycles. The number of halogens is 2. The first-order chi connectivity index (χ1) is 11.1. The SMILES string of the molecule is N#Cc1c(-c2cccc(Br)c2)cc(-c2ccccc2Cl)nc1N. The van der Waals surface area contributed by atoms with Crippen molar-refractivity contribution < 1.29 is 0 Å². The molecule has 0 saturated carbocycles. The Kier molecular flexibility index (Phi) is 4.33. The number of pyridine rings is 1. The second kappa shape index (κ2) is 6.41. The van der Waals surface area contributed by atoms with Gasteiger partial charge in [0.1, 0.15) is 17.5 Å². The topological polar surface area (TPSA) is 62.7 Å². The minimum absolute atomic E-state index is 0.194. The average molecular weight is 385 g/mol. The van der Waals surface area contributed by atoms with Crippen molar-refractivity contribution in [2.24, 2.45) is 0 Å². The maximum absolute atomic E-state index is 9.44. The van der Waals surface area contributed by atoms with E-state index in [4.69, 9.17) is 17.3 Å². The molecule has 3 nitrogen and oxygen atoms in total. The second-order valence-corrected chi connectivity index (χ2v) is 6.24. The van der Waals surface area contributed by atoms with Gasteiger partial charge in [0.2, 0.25) is 0 Å². The Bertz CT molecular complexity index is 932. The Morgan fingerprint density at radius 2 is 1.83 bits per heavy atom. The lowest BCUT2D eigenvalue weighted by atomic mass is 9.98. The fraction of sp³-hybridized carbons (Fsp3) is 0. The van der Waals surface area contributed by atoms with Gasteiger partial charge in [0.25, 0.3) is 0 Å². The van der Waals surface area contributed by atoms with E-state index in [-0.39, 0.29) is 5.82 Å². The van der Waals surface area contributed by atoms with Crippen molar-refractivity contribution in [2.45, 2.75) is 0 Å². The maximum atomic E-state index is 9.44. The Hall–Kier alpha value is -2.35. The Labute approximate surface area is 147 Å². The fourth-order valence-corrected chi connectivity index (χ4v) is 3.00. The van der Waals surface area contributed by atoms with Crippen LogP contribution in [0.15, 0.2) is 59.1 Å². The molecule has 3 rings (SSSR count). The normalized spacial score (nSPS) is 10.3. The summed E-state index contributed by atoms with van der Waals surface area (Å²) >= 11 is 9.70. The molecule has 1 aromatic heterocycles. The van der Waals surface area contributed by atoms with Crippen molar-refractivity contribution in [1.29, 1.82) is 5.26 Å². The van der Waals surface area contributed by atoms with Gasteiger partial charge in [-0.15, -0.1) is 0 Å². The molecule has 0 aliphatic rings. The second-order valence-electron chi connectivity index (χ2n) is 4.92. The smallest absolute Gasteiger partial charge is 0.142 e. The molecule has 23 heavy (non-hydrogen) atoms. The minimum Gasteiger partial charge on any atom is -0.383 e. The van der Waals surface area contributed by atoms with Gasteiger partial charge in [-0.25, -0.2) is 4.98 Å². The number of hydrogen-bond donors (Lipinski definition) is 1.